The number of furan rings is 2. The van der Waals surface area contributed by atoms with E-state index in [0.29, 0.717) is 5.82 Å². The molecule has 0 aliphatic rings. The van der Waals surface area contributed by atoms with Crippen molar-refractivity contribution >= 4 is 43.9 Å². The van der Waals surface area contributed by atoms with E-state index in [1.54, 1.807) is 0 Å². The van der Waals surface area contributed by atoms with Gasteiger partial charge in [0.2, 0.25) is 0 Å². The standard InChI is InChI=1S/C58H36N2O2/c1-3-13-37(14-4-1)39-17-11-19-41(29-39)45-31-46(42-26-28-56-51(34-42)49-22-8-10-24-55(49)61-56)33-47(32-45)53-36-52(59-58(60-53)38-15-5-2-6-16-38)44-20-12-18-40(30-44)43-25-27-50-48-21-7-9-23-54(48)62-57(50)35-43/h1-36H. The van der Waals surface area contributed by atoms with E-state index in [2.05, 4.69) is 176 Å². The molecule has 0 aliphatic heterocycles. The second-order valence-corrected chi connectivity index (χ2v) is 15.8. The van der Waals surface area contributed by atoms with Crippen molar-refractivity contribution < 1.29 is 8.83 Å². The number of hydrogen-bond acceptors (Lipinski definition) is 4. The van der Waals surface area contributed by atoms with Crippen molar-refractivity contribution in [3.05, 3.63) is 218 Å². The zero-order valence-electron chi connectivity index (χ0n) is 33.5. The van der Waals surface area contributed by atoms with Gasteiger partial charge in [-0.25, -0.2) is 9.97 Å². The van der Waals surface area contributed by atoms with Crippen molar-refractivity contribution in [2.75, 3.05) is 0 Å². The highest BCUT2D eigenvalue weighted by atomic mass is 16.3. The van der Waals surface area contributed by atoms with Gasteiger partial charge in [-0.2, -0.15) is 0 Å². The fourth-order valence-corrected chi connectivity index (χ4v) is 8.75. The van der Waals surface area contributed by atoms with Crippen molar-refractivity contribution in [3.63, 3.8) is 0 Å². The van der Waals surface area contributed by atoms with Crippen LogP contribution in [-0.2, 0) is 0 Å². The second kappa shape index (κ2) is 14.7. The third kappa shape index (κ3) is 6.42. The monoisotopic (exact) mass is 792 g/mol. The van der Waals surface area contributed by atoms with Crippen LogP contribution in [0.2, 0.25) is 0 Å². The first-order valence-electron chi connectivity index (χ1n) is 20.9. The molecule has 0 radical (unpaired) electrons. The number of rotatable bonds is 7. The smallest absolute Gasteiger partial charge is 0.160 e. The van der Waals surface area contributed by atoms with Gasteiger partial charge < -0.3 is 8.83 Å². The maximum Gasteiger partial charge on any atom is 0.160 e. The van der Waals surface area contributed by atoms with Crippen LogP contribution in [0, 0.1) is 0 Å². The number of fused-ring (bicyclic) bond motifs is 6. The largest absolute Gasteiger partial charge is 0.456 e. The van der Waals surface area contributed by atoms with E-state index in [9.17, 15) is 0 Å². The first kappa shape index (κ1) is 35.6. The summed E-state index contributed by atoms with van der Waals surface area (Å²) in [4.78, 5) is 10.6. The van der Waals surface area contributed by atoms with Gasteiger partial charge in [0, 0.05) is 38.2 Å². The van der Waals surface area contributed by atoms with Gasteiger partial charge in [-0.1, -0.05) is 146 Å². The maximum absolute atomic E-state index is 6.28. The average molecular weight is 793 g/mol. The topological polar surface area (TPSA) is 52.1 Å². The van der Waals surface area contributed by atoms with Gasteiger partial charge in [0.05, 0.1) is 11.4 Å². The summed E-state index contributed by atoms with van der Waals surface area (Å²) in [5.74, 6) is 0.663. The van der Waals surface area contributed by atoms with E-state index < -0.39 is 0 Å². The molecule has 4 nitrogen and oxygen atoms in total. The maximum atomic E-state index is 6.28. The number of benzene rings is 9. The van der Waals surface area contributed by atoms with E-state index in [1.807, 2.05) is 42.5 Å². The summed E-state index contributed by atoms with van der Waals surface area (Å²) in [5, 5.41) is 4.42. The Kier molecular flexibility index (Phi) is 8.46. The fourth-order valence-electron chi connectivity index (χ4n) is 8.75. The van der Waals surface area contributed by atoms with Gasteiger partial charge in [-0.3, -0.25) is 0 Å². The summed E-state index contributed by atoms with van der Waals surface area (Å²) >= 11 is 0. The summed E-state index contributed by atoms with van der Waals surface area (Å²) in [6.45, 7) is 0. The first-order valence-corrected chi connectivity index (χ1v) is 20.9. The SMILES string of the molecule is c1ccc(-c2cccc(-c3cc(-c4ccc5oc6ccccc6c5c4)cc(-c4cc(-c5cccc(-c6ccc7c(c6)oc6ccccc67)c5)nc(-c5ccccc5)n4)c3)c2)cc1. The third-order valence-corrected chi connectivity index (χ3v) is 11.9. The Morgan fingerprint density at radius 2 is 0.661 bits per heavy atom. The van der Waals surface area contributed by atoms with Gasteiger partial charge in [-0.05, 0) is 117 Å². The molecule has 3 heterocycles. The van der Waals surface area contributed by atoms with Crippen molar-refractivity contribution in [1.29, 1.82) is 0 Å². The summed E-state index contributed by atoms with van der Waals surface area (Å²) in [6, 6.07) is 76.5. The van der Waals surface area contributed by atoms with Crippen LogP contribution in [0.4, 0.5) is 0 Å². The Balaban J connectivity index is 1.03. The molecule has 0 spiro atoms. The number of para-hydroxylation sites is 2. The van der Waals surface area contributed by atoms with Crippen LogP contribution in [0.5, 0.6) is 0 Å². The van der Waals surface area contributed by atoms with E-state index in [-0.39, 0.29) is 0 Å². The van der Waals surface area contributed by atoms with Crippen molar-refractivity contribution in [3.8, 4) is 78.4 Å². The second-order valence-electron chi connectivity index (χ2n) is 15.8. The molecule has 0 atom stereocenters. The average Bonchev–Trinajstić information content (AvgIpc) is 3.92. The Morgan fingerprint density at radius 3 is 1.39 bits per heavy atom. The van der Waals surface area contributed by atoms with Crippen LogP contribution >= 0.6 is 0 Å². The molecular formula is C58H36N2O2. The summed E-state index contributed by atoms with van der Waals surface area (Å²) in [5.41, 5.74) is 17.0. The van der Waals surface area contributed by atoms with Gasteiger partial charge >= 0.3 is 0 Å². The van der Waals surface area contributed by atoms with Crippen molar-refractivity contribution in [1.82, 2.24) is 9.97 Å². The Labute approximate surface area is 358 Å². The molecule has 12 aromatic rings. The Morgan fingerprint density at radius 1 is 0.226 bits per heavy atom. The normalized spacial score (nSPS) is 11.5. The molecule has 0 saturated heterocycles. The van der Waals surface area contributed by atoms with Crippen molar-refractivity contribution in [2.45, 2.75) is 0 Å². The Bertz CT molecular complexity index is 3640. The summed E-state index contributed by atoms with van der Waals surface area (Å²) in [6.07, 6.45) is 0. The molecule has 0 fully saturated rings. The molecule has 0 aliphatic carbocycles. The van der Waals surface area contributed by atoms with Gasteiger partial charge in [0.1, 0.15) is 22.3 Å². The number of hydrogen-bond donors (Lipinski definition) is 0. The molecule has 4 heteroatoms. The molecule has 12 rings (SSSR count). The van der Waals surface area contributed by atoms with Crippen LogP contribution in [0.3, 0.4) is 0 Å². The molecule has 0 bridgehead atoms. The molecular weight excluding hydrogens is 757 g/mol. The van der Waals surface area contributed by atoms with Crippen LogP contribution in [0.25, 0.3) is 122 Å². The highest BCUT2D eigenvalue weighted by Crippen LogP contribution is 2.39. The lowest BCUT2D eigenvalue weighted by atomic mass is 9.92. The van der Waals surface area contributed by atoms with Crippen LogP contribution < -0.4 is 0 Å². The third-order valence-electron chi connectivity index (χ3n) is 11.9. The highest BCUT2D eigenvalue weighted by Gasteiger charge is 2.16. The molecule has 3 aromatic heterocycles. The zero-order valence-corrected chi connectivity index (χ0v) is 33.5. The quantitative estimate of drug-likeness (QED) is 0.161. The molecule has 0 saturated carbocycles. The molecule has 9 aromatic carbocycles. The molecule has 0 unspecified atom stereocenters. The van der Waals surface area contributed by atoms with Gasteiger partial charge in [0.25, 0.3) is 0 Å². The summed E-state index contributed by atoms with van der Waals surface area (Å²) in [7, 11) is 0. The van der Waals surface area contributed by atoms with E-state index >= 15 is 0 Å². The van der Waals surface area contributed by atoms with Crippen LogP contribution in [-0.4, -0.2) is 9.97 Å². The minimum absolute atomic E-state index is 0.663. The van der Waals surface area contributed by atoms with Crippen molar-refractivity contribution in [2.24, 2.45) is 0 Å². The lowest BCUT2D eigenvalue weighted by Crippen LogP contribution is -1.97. The molecule has 0 N–H and O–H groups in total. The predicted molar refractivity (Wildman–Crippen MR) is 255 cm³/mol. The van der Waals surface area contributed by atoms with E-state index in [4.69, 9.17) is 18.8 Å². The van der Waals surface area contributed by atoms with Gasteiger partial charge in [-0.15, -0.1) is 0 Å². The number of nitrogens with zero attached hydrogens (tertiary/aromatic N) is 2. The van der Waals surface area contributed by atoms with Crippen LogP contribution in [0.1, 0.15) is 0 Å². The summed E-state index contributed by atoms with van der Waals surface area (Å²) < 4.78 is 12.5. The lowest BCUT2D eigenvalue weighted by molar-refractivity contribution is 0.668. The number of aromatic nitrogens is 2. The van der Waals surface area contributed by atoms with E-state index in [1.165, 1.54) is 5.56 Å². The molecule has 62 heavy (non-hydrogen) atoms. The van der Waals surface area contributed by atoms with Crippen LogP contribution in [0.15, 0.2) is 227 Å². The minimum atomic E-state index is 0.663. The minimum Gasteiger partial charge on any atom is -0.456 e. The lowest BCUT2D eigenvalue weighted by Gasteiger charge is -2.14. The molecule has 0 amide bonds. The Hall–Kier alpha value is -8.34. The predicted octanol–water partition coefficient (Wildman–Crippen LogP) is 15.9. The zero-order chi connectivity index (χ0) is 41.0. The first-order chi connectivity index (χ1) is 30.7. The van der Waals surface area contributed by atoms with Gasteiger partial charge in [0.15, 0.2) is 5.82 Å². The fraction of sp³-hybridized carbons (Fsp3) is 0. The highest BCUT2D eigenvalue weighted by molar-refractivity contribution is 6.07. The van der Waals surface area contributed by atoms with E-state index in [0.717, 1.165) is 111 Å². The molecule has 290 valence electrons.